The van der Waals surface area contributed by atoms with Gasteiger partial charge in [-0.2, -0.15) is 0 Å². The van der Waals surface area contributed by atoms with E-state index in [4.69, 9.17) is 10.2 Å². The van der Waals surface area contributed by atoms with Crippen LogP contribution < -0.4 is 5.32 Å². The lowest BCUT2D eigenvalue weighted by Gasteiger charge is -2.14. The van der Waals surface area contributed by atoms with E-state index < -0.39 is 11.8 Å². The molecule has 4 nitrogen and oxygen atoms in total. The molecule has 1 atom stereocenters. The van der Waals surface area contributed by atoms with Gasteiger partial charge in [0.15, 0.2) is 0 Å². The molecule has 0 saturated carbocycles. The van der Waals surface area contributed by atoms with Crippen molar-refractivity contribution in [3.05, 3.63) is 35.1 Å². The molecule has 1 aromatic rings. The topological polar surface area (TPSA) is 69.6 Å². The van der Waals surface area contributed by atoms with E-state index in [2.05, 4.69) is 5.32 Å². The highest BCUT2D eigenvalue weighted by molar-refractivity contribution is 5.87. The molecule has 1 aromatic carbocycles. The summed E-state index contributed by atoms with van der Waals surface area (Å²) in [6.07, 6.45) is 0.719. The molecule has 0 aliphatic carbocycles. The summed E-state index contributed by atoms with van der Waals surface area (Å²) < 4.78 is 13.4. The first-order valence-electron chi connectivity index (χ1n) is 5.44. The fraction of sp³-hybridized carbons (Fsp3) is 0.417. The van der Waals surface area contributed by atoms with E-state index in [-0.39, 0.29) is 30.3 Å². The maximum Gasteiger partial charge on any atom is 0.335 e. The number of aliphatic hydroxyl groups is 1. The van der Waals surface area contributed by atoms with Crippen LogP contribution in [0.3, 0.4) is 0 Å². The molecule has 94 valence electrons. The predicted octanol–water partition coefficient (Wildman–Crippen LogP) is 1.38. The molecule has 0 radical (unpaired) electrons. The van der Waals surface area contributed by atoms with E-state index in [9.17, 15) is 9.18 Å². The first-order valence-corrected chi connectivity index (χ1v) is 5.44. The summed E-state index contributed by atoms with van der Waals surface area (Å²) >= 11 is 0. The Morgan fingerprint density at radius 2 is 2.24 bits per heavy atom. The number of aliphatic hydroxyl groups excluding tert-OH is 1. The van der Waals surface area contributed by atoms with Gasteiger partial charge in [0.1, 0.15) is 5.82 Å². The van der Waals surface area contributed by atoms with Gasteiger partial charge in [-0.25, -0.2) is 9.18 Å². The zero-order chi connectivity index (χ0) is 12.8. The van der Waals surface area contributed by atoms with E-state index in [1.54, 1.807) is 0 Å². The predicted molar refractivity (Wildman–Crippen MR) is 61.4 cm³/mol. The molecule has 0 amide bonds. The Balaban J connectivity index is 2.75. The molecule has 17 heavy (non-hydrogen) atoms. The highest BCUT2D eigenvalue weighted by atomic mass is 19.1. The molecule has 0 saturated heterocycles. The van der Waals surface area contributed by atoms with Crippen LogP contribution in [0.1, 0.15) is 29.3 Å². The number of aromatic carboxylic acids is 1. The second kappa shape index (κ2) is 6.32. The Morgan fingerprint density at radius 3 is 2.76 bits per heavy atom. The van der Waals surface area contributed by atoms with Gasteiger partial charge in [-0.1, -0.05) is 6.92 Å². The van der Waals surface area contributed by atoms with Crippen LogP contribution >= 0.6 is 0 Å². The van der Waals surface area contributed by atoms with Crippen molar-refractivity contribution >= 4 is 5.97 Å². The van der Waals surface area contributed by atoms with Crippen molar-refractivity contribution in [3.63, 3.8) is 0 Å². The number of carboxylic acids is 1. The monoisotopic (exact) mass is 241 g/mol. The zero-order valence-corrected chi connectivity index (χ0v) is 9.61. The van der Waals surface area contributed by atoms with Crippen molar-refractivity contribution < 1.29 is 19.4 Å². The zero-order valence-electron chi connectivity index (χ0n) is 9.61. The van der Waals surface area contributed by atoms with Gasteiger partial charge in [0.05, 0.1) is 12.2 Å². The third-order valence-electron chi connectivity index (χ3n) is 2.59. The third kappa shape index (κ3) is 3.80. The second-order valence-electron chi connectivity index (χ2n) is 3.78. The minimum atomic E-state index is -1.08. The lowest BCUT2D eigenvalue weighted by molar-refractivity contribution is 0.0696. The number of hydrogen-bond donors (Lipinski definition) is 3. The Morgan fingerprint density at radius 1 is 1.53 bits per heavy atom. The van der Waals surface area contributed by atoms with E-state index in [1.807, 2.05) is 6.92 Å². The lowest BCUT2D eigenvalue weighted by Crippen LogP contribution is -2.31. The molecule has 0 heterocycles. The van der Waals surface area contributed by atoms with Gasteiger partial charge in [0, 0.05) is 18.2 Å². The van der Waals surface area contributed by atoms with Crippen molar-refractivity contribution in [2.75, 3.05) is 6.61 Å². The summed E-state index contributed by atoms with van der Waals surface area (Å²) in [5.41, 5.74) is 0.344. The van der Waals surface area contributed by atoms with Crippen molar-refractivity contribution in [2.45, 2.75) is 25.9 Å². The van der Waals surface area contributed by atoms with E-state index in [0.29, 0.717) is 0 Å². The third-order valence-corrected chi connectivity index (χ3v) is 2.59. The number of carboxylic acid groups (broad SMARTS) is 1. The standard InChI is InChI=1S/C12H16FNO3/c1-2-10(7-15)14-6-9-5-8(12(16)17)3-4-11(9)13/h3-5,10,14-15H,2,6-7H2,1H3,(H,16,17). The molecule has 0 fully saturated rings. The van der Waals surface area contributed by atoms with Gasteiger partial charge < -0.3 is 15.5 Å². The van der Waals surface area contributed by atoms with Gasteiger partial charge >= 0.3 is 5.97 Å². The van der Waals surface area contributed by atoms with E-state index in [0.717, 1.165) is 12.5 Å². The van der Waals surface area contributed by atoms with Crippen LogP contribution in [-0.2, 0) is 6.54 Å². The maximum atomic E-state index is 13.4. The number of rotatable bonds is 6. The minimum Gasteiger partial charge on any atom is -0.478 e. The number of halogens is 1. The quantitative estimate of drug-likeness (QED) is 0.704. The Labute approximate surface area is 99.1 Å². The molecule has 0 aliphatic rings. The summed E-state index contributed by atoms with van der Waals surface area (Å²) in [6.45, 7) is 2.07. The van der Waals surface area contributed by atoms with Gasteiger partial charge in [0.2, 0.25) is 0 Å². The average molecular weight is 241 g/mol. The summed E-state index contributed by atoms with van der Waals surface area (Å²) in [5, 5.41) is 20.7. The van der Waals surface area contributed by atoms with Crippen molar-refractivity contribution in [3.8, 4) is 0 Å². The Kier molecular flexibility index (Phi) is 5.06. The van der Waals surface area contributed by atoms with Gasteiger partial charge in [0.25, 0.3) is 0 Å². The average Bonchev–Trinajstić information content (AvgIpc) is 2.32. The SMILES string of the molecule is CCC(CO)NCc1cc(C(=O)O)ccc1F. The number of carbonyl (C=O) groups is 1. The molecule has 0 aromatic heterocycles. The summed E-state index contributed by atoms with van der Waals surface area (Å²) in [5.74, 6) is -1.53. The lowest BCUT2D eigenvalue weighted by atomic mass is 10.1. The molecule has 5 heteroatoms. The Hall–Kier alpha value is -1.46. The molecular weight excluding hydrogens is 225 g/mol. The van der Waals surface area contributed by atoms with Crippen LogP contribution in [0, 0.1) is 5.82 Å². The van der Waals surface area contributed by atoms with Crippen LogP contribution in [0.25, 0.3) is 0 Å². The molecule has 0 aliphatic heterocycles. The minimum absolute atomic E-state index is 0.0310. The summed E-state index contributed by atoms with van der Waals surface area (Å²) in [6, 6.07) is 3.56. The highest BCUT2D eigenvalue weighted by Gasteiger charge is 2.10. The summed E-state index contributed by atoms with van der Waals surface area (Å²) in [7, 11) is 0. The smallest absolute Gasteiger partial charge is 0.335 e. The summed E-state index contributed by atoms with van der Waals surface area (Å²) in [4.78, 5) is 10.7. The number of nitrogens with one attached hydrogen (secondary N) is 1. The Bertz CT molecular complexity index is 391. The van der Waals surface area contributed by atoms with Gasteiger partial charge in [-0.05, 0) is 24.6 Å². The fourth-order valence-electron chi connectivity index (χ4n) is 1.44. The molecule has 0 spiro atoms. The van der Waals surface area contributed by atoms with Crippen LogP contribution in [-0.4, -0.2) is 28.8 Å². The van der Waals surface area contributed by atoms with Gasteiger partial charge in [-0.15, -0.1) is 0 Å². The van der Waals surface area contributed by atoms with Crippen LogP contribution in [0.5, 0.6) is 0 Å². The van der Waals surface area contributed by atoms with E-state index >= 15 is 0 Å². The molecule has 1 rings (SSSR count). The van der Waals surface area contributed by atoms with Crippen LogP contribution in [0.4, 0.5) is 4.39 Å². The molecule has 0 bridgehead atoms. The first kappa shape index (κ1) is 13.6. The second-order valence-corrected chi connectivity index (χ2v) is 3.78. The molecular formula is C12H16FNO3. The van der Waals surface area contributed by atoms with E-state index in [1.165, 1.54) is 12.1 Å². The molecule has 1 unspecified atom stereocenters. The van der Waals surface area contributed by atoms with Crippen molar-refractivity contribution in [1.82, 2.24) is 5.32 Å². The number of hydrogen-bond acceptors (Lipinski definition) is 3. The molecule has 3 N–H and O–H groups in total. The van der Waals surface area contributed by atoms with Crippen LogP contribution in [0.2, 0.25) is 0 Å². The largest absolute Gasteiger partial charge is 0.478 e. The van der Waals surface area contributed by atoms with Crippen molar-refractivity contribution in [1.29, 1.82) is 0 Å². The first-order chi connectivity index (χ1) is 8.08. The van der Waals surface area contributed by atoms with Crippen molar-refractivity contribution in [2.24, 2.45) is 0 Å². The number of benzene rings is 1. The normalized spacial score (nSPS) is 12.4. The van der Waals surface area contributed by atoms with Crippen LogP contribution in [0.15, 0.2) is 18.2 Å². The fourth-order valence-corrected chi connectivity index (χ4v) is 1.44. The van der Waals surface area contributed by atoms with Gasteiger partial charge in [-0.3, -0.25) is 0 Å². The highest BCUT2D eigenvalue weighted by Crippen LogP contribution is 2.11. The maximum absolute atomic E-state index is 13.4.